The van der Waals surface area contributed by atoms with Crippen molar-refractivity contribution in [3.8, 4) is 0 Å². The minimum Gasteiger partial charge on any atom is -0.467 e. The lowest BCUT2D eigenvalue weighted by Crippen LogP contribution is -2.31. The Labute approximate surface area is 99.4 Å². The standard InChI is InChI=1S/C12H15NO4/c1-17-12(16)10(14)7-11(15)13-8-9-5-3-2-4-6-9/h2-6,10,14H,7-8H2,1H3,(H,13,15)/t10-/m1/s1. The molecule has 92 valence electrons. The number of amides is 1. The van der Waals surface area contributed by atoms with Crippen molar-refractivity contribution in [3.05, 3.63) is 35.9 Å². The predicted molar refractivity (Wildman–Crippen MR) is 60.9 cm³/mol. The molecule has 1 atom stereocenters. The van der Waals surface area contributed by atoms with Crippen molar-refractivity contribution < 1.29 is 19.4 Å². The molecule has 0 saturated carbocycles. The van der Waals surface area contributed by atoms with E-state index in [1.54, 1.807) is 0 Å². The average molecular weight is 237 g/mol. The topological polar surface area (TPSA) is 75.6 Å². The fraction of sp³-hybridized carbons (Fsp3) is 0.333. The molecule has 5 heteroatoms. The van der Waals surface area contributed by atoms with Gasteiger partial charge in [-0.05, 0) is 5.56 Å². The SMILES string of the molecule is COC(=O)[C@H](O)CC(=O)NCc1ccccc1. The first kappa shape index (κ1) is 13.2. The molecule has 0 unspecified atom stereocenters. The highest BCUT2D eigenvalue weighted by atomic mass is 16.5. The van der Waals surface area contributed by atoms with Gasteiger partial charge in [0.05, 0.1) is 13.5 Å². The summed E-state index contributed by atoms with van der Waals surface area (Å²) in [7, 11) is 1.16. The molecule has 0 aliphatic rings. The third-order valence-electron chi connectivity index (χ3n) is 2.18. The number of hydrogen-bond donors (Lipinski definition) is 2. The number of hydrogen-bond acceptors (Lipinski definition) is 4. The van der Waals surface area contributed by atoms with Crippen LogP contribution in [0.5, 0.6) is 0 Å². The Morgan fingerprint density at radius 1 is 1.35 bits per heavy atom. The van der Waals surface area contributed by atoms with Crippen LogP contribution in [0.2, 0.25) is 0 Å². The van der Waals surface area contributed by atoms with Gasteiger partial charge in [0.1, 0.15) is 0 Å². The zero-order valence-corrected chi connectivity index (χ0v) is 9.55. The second-order valence-electron chi connectivity index (χ2n) is 3.51. The van der Waals surface area contributed by atoms with Crippen LogP contribution in [0.1, 0.15) is 12.0 Å². The van der Waals surface area contributed by atoms with E-state index < -0.39 is 18.0 Å². The molecule has 0 radical (unpaired) electrons. The molecule has 0 aliphatic carbocycles. The Morgan fingerprint density at radius 3 is 2.59 bits per heavy atom. The summed E-state index contributed by atoms with van der Waals surface area (Å²) in [6.45, 7) is 0.369. The van der Waals surface area contributed by atoms with Gasteiger partial charge >= 0.3 is 5.97 Å². The van der Waals surface area contributed by atoms with Crippen molar-refractivity contribution in [2.45, 2.75) is 19.1 Å². The van der Waals surface area contributed by atoms with Crippen LogP contribution in [0.25, 0.3) is 0 Å². The molecule has 0 spiro atoms. The van der Waals surface area contributed by atoms with Crippen molar-refractivity contribution >= 4 is 11.9 Å². The van der Waals surface area contributed by atoms with Gasteiger partial charge < -0.3 is 15.2 Å². The first-order chi connectivity index (χ1) is 8.13. The maximum absolute atomic E-state index is 11.4. The number of aliphatic hydroxyl groups is 1. The molecule has 1 rings (SSSR count). The van der Waals surface area contributed by atoms with E-state index in [0.29, 0.717) is 6.54 Å². The molecule has 2 N–H and O–H groups in total. The van der Waals surface area contributed by atoms with Gasteiger partial charge in [-0.15, -0.1) is 0 Å². The van der Waals surface area contributed by atoms with Gasteiger partial charge in [-0.25, -0.2) is 4.79 Å². The first-order valence-corrected chi connectivity index (χ1v) is 5.20. The van der Waals surface area contributed by atoms with Gasteiger partial charge in [0.25, 0.3) is 0 Å². The maximum Gasteiger partial charge on any atom is 0.335 e. The first-order valence-electron chi connectivity index (χ1n) is 5.20. The average Bonchev–Trinajstić information content (AvgIpc) is 2.36. The lowest BCUT2D eigenvalue weighted by atomic mass is 10.2. The minimum atomic E-state index is -1.41. The number of ether oxygens (including phenoxy) is 1. The van der Waals surface area contributed by atoms with E-state index in [-0.39, 0.29) is 6.42 Å². The number of esters is 1. The van der Waals surface area contributed by atoms with Crippen molar-refractivity contribution in [1.82, 2.24) is 5.32 Å². The molecule has 0 aromatic heterocycles. The van der Waals surface area contributed by atoms with Crippen LogP contribution < -0.4 is 5.32 Å². The molecule has 1 aromatic carbocycles. The molecular weight excluding hydrogens is 222 g/mol. The number of rotatable bonds is 5. The summed E-state index contributed by atoms with van der Waals surface area (Å²) >= 11 is 0. The molecule has 0 saturated heterocycles. The minimum absolute atomic E-state index is 0.292. The fourth-order valence-corrected chi connectivity index (χ4v) is 1.26. The fourth-order valence-electron chi connectivity index (χ4n) is 1.26. The molecule has 17 heavy (non-hydrogen) atoms. The van der Waals surface area contributed by atoms with Crippen LogP contribution in [0.15, 0.2) is 30.3 Å². The molecule has 0 fully saturated rings. The van der Waals surface area contributed by atoms with Crippen LogP contribution in [0.4, 0.5) is 0 Å². The third-order valence-corrected chi connectivity index (χ3v) is 2.18. The Bertz CT molecular complexity index is 377. The zero-order valence-electron chi connectivity index (χ0n) is 9.55. The van der Waals surface area contributed by atoms with Gasteiger partial charge in [-0.2, -0.15) is 0 Å². The van der Waals surface area contributed by atoms with E-state index in [1.165, 1.54) is 0 Å². The summed E-state index contributed by atoms with van der Waals surface area (Å²) in [6.07, 6.45) is -1.70. The van der Waals surface area contributed by atoms with Crippen LogP contribution >= 0.6 is 0 Å². The van der Waals surface area contributed by atoms with Crippen LogP contribution in [0.3, 0.4) is 0 Å². The number of benzene rings is 1. The number of methoxy groups -OCH3 is 1. The zero-order chi connectivity index (χ0) is 12.7. The maximum atomic E-state index is 11.4. The van der Waals surface area contributed by atoms with E-state index in [4.69, 9.17) is 0 Å². The Morgan fingerprint density at radius 2 is 2.00 bits per heavy atom. The molecular formula is C12H15NO4. The summed E-state index contributed by atoms with van der Waals surface area (Å²) in [5.74, 6) is -1.20. The van der Waals surface area contributed by atoms with Crippen LogP contribution in [-0.2, 0) is 20.9 Å². The second kappa shape index (κ2) is 6.65. The number of carbonyl (C=O) groups excluding carboxylic acids is 2. The molecule has 1 amide bonds. The van der Waals surface area contributed by atoms with Gasteiger partial charge in [-0.3, -0.25) is 4.79 Å². The number of nitrogens with one attached hydrogen (secondary N) is 1. The van der Waals surface area contributed by atoms with Crippen LogP contribution in [0, 0.1) is 0 Å². The van der Waals surface area contributed by atoms with Gasteiger partial charge in [-0.1, -0.05) is 30.3 Å². The van der Waals surface area contributed by atoms with E-state index in [9.17, 15) is 14.7 Å². The van der Waals surface area contributed by atoms with Crippen molar-refractivity contribution in [2.24, 2.45) is 0 Å². The molecule has 1 aromatic rings. The Kier molecular flexibility index (Phi) is 5.16. The largest absolute Gasteiger partial charge is 0.467 e. The summed E-state index contributed by atoms with van der Waals surface area (Å²) in [5, 5.41) is 11.9. The lowest BCUT2D eigenvalue weighted by molar-refractivity contribution is -0.152. The Balaban J connectivity index is 2.33. The highest BCUT2D eigenvalue weighted by Gasteiger charge is 2.18. The van der Waals surface area contributed by atoms with E-state index in [1.807, 2.05) is 30.3 Å². The van der Waals surface area contributed by atoms with Gasteiger partial charge in [0.15, 0.2) is 6.10 Å². The summed E-state index contributed by atoms with van der Waals surface area (Å²) in [5.41, 5.74) is 0.952. The van der Waals surface area contributed by atoms with Gasteiger partial charge in [0, 0.05) is 6.54 Å². The van der Waals surface area contributed by atoms with Gasteiger partial charge in [0.2, 0.25) is 5.91 Å². The molecule has 0 bridgehead atoms. The highest BCUT2D eigenvalue weighted by Crippen LogP contribution is 1.99. The second-order valence-corrected chi connectivity index (χ2v) is 3.51. The normalized spacial score (nSPS) is 11.6. The van der Waals surface area contributed by atoms with Crippen molar-refractivity contribution in [3.63, 3.8) is 0 Å². The highest BCUT2D eigenvalue weighted by molar-refractivity contribution is 5.84. The van der Waals surface area contributed by atoms with Crippen LogP contribution in [-0.4, -0.2) is 30.2 Å². The summed E-state index contributed by atoms with van der Waals surface area (Å²) in [6, 6.07) is 9.36. The van der Waals surface area contributed by atoms with E-state index in [0.717, 1.165) is 12.7 Å². The van der Waals surface area contributed by atoms with E-state index in [2.05, 4.69) is 10.1 Å². The monoisotopic (exact) mass is 237 g/mol. The predicted octanol–water partition coefficient (Wildman–Crippen LogP) is 0.227. The third kappa shape index (κ3) is 4.65. The summed E-state index contributed by atoms with van der Waals surface area (Å²) < 4.78 is 4.31. The molecule has 5 nitrogen and oxygen atoms in total. The number of carbonyl (C=O) groups is 2. The smallest absolute Gasteiger partial charge is 0.335 e. The Hall–Kier alpha value is -1.88. The quantitative estimate of drug-likeness (QED) is 0.719. The molecule has 0 aliphatic heterocycles. The lowest BCUT2D eigenvalue weighted by Gasteiger charge is -2.08. The van der Waals surface area contributed by atoms with Crippen molar-refractivity contribution in [1.29, 1.82) is 0 Å². The number of aliphatic hydroxyl groups excluding tert-OH is 1. The summed E-state index contributed by atoms with van der Waals surface area (Å²) in [4.78, 5) is 22.2. The van der Waals surface area contributed by atoms with E-state index >= 15 is 0 Å². The van der Waals surface area contributed by atoms with Crippen molar-refractivity contribution in [2.75, 3.05) is 7.11 Å². The molecule has 0 heterocycles.